The van der Waals surface area contributed by atoms with E-state index < -0.39 is 0 Å². The van der Waals surface area contributed by atoms with Gasteiger partial charge in [0.1, 0.15) is 5.69 Å². The maximum Gasteiger partial charge on any atom is 0.269 e. The van der Waals surface area contributed by atoms with Crippen molar-refractivity contribution in [2.45, 2.75) is 60.0 Å². The number of aliphatic hydroxyl groups is 1. The normalized spacial score (nSPS) is 13.9. The summed E-state index contributed by atoms with van der Waals surface area (Å²) in [5.74, 6) is -0.0604. The zero-order valence-corrected chi connectivity index (χ0v) is 15.9. The highest BCUT2D eigenvalue weighted by Crippen LogP contribution is 2.27. The average Bonchev–Trinajstić information content (AvgIpc) is 3.16. The molecule has 0 aliphatic rings. The van der Waals surface area contributed by atoms with E-state index in [1.54, 1.807) is 6.07 Å². The third-order valence-electron chi connectivity index (χ3n) is 4.74. The molecule has 0 aromatic carbocycles. The number of hydrogen-bond donors (Lipinski definition) is 3. The Balaban J connectivity index is 2.24. The Morgan fingerprint density at radius 2 is 2.04 bits per heavy atom. The quantitative estimate of drug-likeness (QED) is 0.717. The number of nitrogens with one attached hydrogen (secondary N) is 2. The minimum Gasteiger partial charge on any atom is -0.394 e. The minimum absolute atomic E-state index is 0.0822. The molecule has 0 radical (unpaired) electrons. The number of aliphatic hydroxyl groups excluding tert-OH is 1. The van der Waals surface area contributed by atoms with Gasteiger partial charge in [0, 0.05) is 17.3 Å². The van der Waals surface area contributed by atoms with Gasteiger partial charge >= 0.3 is 0 Å². The van der Waals surface area contributed by atoms with Crippen LogP contribution in [0.3, 0.4) is 0 Å². The average molecular weight is 347 g/mol. The SMILES string of the molecule is CC[C@@H](C)[C@H](CO)NC(=O)c1cc(-c2c(C)nn(C(C)C)c2C)n[nH]1. The van der Waals surface area contributed by atoms with Gasteiger partial charge in [-0.25, -0.2) is 0 Å². The first-order valence-electron chi connectivity index (χ1n) is 8.83. The third-order valence-corrected chi connectivity index (χ3v) is 4.74. The molecule has 7 heteroatoms. The summed E-state index contributed by atoms with van der Waals surface area (Å²) in [7, 11) is 0. The number of carbonyl (C=O) groups is 1. The molecule has 0 fully saturated rings. The number of rotatable bonds is 7. The number of amides is 1. The molecule has 0 bridgehead atoms. The molecule has 0 spiro atoms. The Kier molecular flexibility index (Phi) is 6.00. The first-order valence-corrected chi connectivity index (χ1v) is 8.83. The van der Waals surface area contributed by atoms with Crippen molar-refractivity contribution in [2.75, 3.05) is 6.61 Å². The molecule has 0 aliphatic heterocycles. The summed E-state index contributed by atoms with van der Waals surface area (Å²) < 4.78 is 1.96. The van der Waals surface area contributed by atoms with E-state index in [2.05, 4.69) is 34.5 Å². The van der Waals surface area contributed by atoms with Crippen LogP contribution in [0, 0.1) is 19.8 Å². The molecule has 0 aliphatic carbocycles. The summed E-state index contributed by atoms with van der Waals surface area (Å²) in [6.07, 6.45) is 0.881. The molecule has 2 aromatic heterocycles. The molecule has 0 unspecified atom stereocenters. The lowest BCUT2D eigenvalue weighted by Gasteiger charge is -2.21. The topological polar surface area (TPSA) is 95.8 Å². The van der Waals surface area contributed by atoms with Gasteiger partial charge in [-0.3, -0.25) is 14.6 Å². The van der Waals surface area contributed by atoms with Gasteiger partial charge in [-0.05, 0) is 39.7 Å². The number of H-pyrrole nitrogens is 1. The van der Waals surface area contributed by atoms with Crippen LogP contribution in [0.15, 0.2) is 6.07 Å². The first kappa shape index (κ1) is 19.2. The molecule has 2 atom stereocenters. The highest BCUT2D eigenvalue weighted by molar-refractivity contribution is 5.93. The van der Waals surface area contributed by atoms with E-state index in [1.165, 1.54) is 0 Å². The van der Waals surface area contributed by atoms with E-state index in [0.29, 0.717) is 11.4 Å². The predicted octanol–water partition coefficient (Wildman–Crippen LogP) is 2.61. The van der Waals surface area contributed by atoms with Crippen molar-refractivity contribution >= 4 is 5.91 Å². The van der Waals surface area contributed by atoms with Crippen LogP contribution >= 0.6 is 0 Å². The fraction of sp³-hybridized carbons (Fsp3) is 0.611. The standard InChI is InChI=1S/C18H29N5O2/c1-7-11(4)16(9-24)19-18(25)15-8-14(20-21-15)17-12(5)22-23(10(2)3)13(17)6/h8,10-11,16,24H,7,9H2,1-6H3,(H,19,25)(H,20,21)/t11-,16+/m1/s1. The van der Waals surface area contributed by atoms with Crippen LogP contribution < -0.4 is 5.32 Å². The van der Waals surface area contributed by atoms with E-state index in [1.807, 2.05) is 32.4 Å². The third kappa shape index (κ3) is 3.92. The summed E-state index contributed by atoms with van der Waals surface area (Å²) in [6, 6.07) is 1.73. The summed E-state index contributed by atoms with van der Waals surface area (Å²) in [5.41, 5.74) is 3.95. The van der Waals surface area contributed by atoms with Gasteiger partial charge in [0.25, 0.3) is 5.91 Å². The number of nitrogens with zero attached hydrogens (tertiary/aromatic N) is 3. The number of hydrogen-bond acceptors (Lipinski definition) is 4. The Labute approximate surface area is 148 Å². The van der Waals surface area contributed by atoms with E-state index >= 15 is 0 Å². The van der Waals surface area contributed by atoms with Crippen LogP contribution in [-0.4, -0.2) is 43.6 Å². The van der Waals surface area contributed by atoms with Gasteiger partial charge in [-0.2, -0.15) is 10.2 Å². The first-order chi connectivity index (χ1) is 11.8. The van der Waals surface area contributed by atoms with Gasteiger partial charge in [0.2, 0.25) is 0 Å². The van der Waals surface area contributed by atoms with Crippen molar-refractivity contribution in [1.29, 1.82) is 0 Å². The van der Waals surface area contributed by atoms with E-state index in [9.17, 15) is 9.90 Å². The van der Waals surface area contributed by atoms with Gasteiger partial charge < -0.3 is 10.4 Å². The number of carbonyl (C=O) groups excluding carboxylic acids is 1. The molecule has 2 aromatic rings. The van der Waals surface area contributed by atoms with Crippen molar-refractivity contribution in [3.63, 3.8) is 0 Å². The fourth-order valence-corrected chi connectivity index (χ4v) is 3.00. The monoisotopic (exact) mass is 347 g/mol. The number of aryl methyl sites for hydroxylation is 1. The van der Waals surface area contributed by atoms with Crippen molar-refractivity contribution in [3.05, 3.63) is 23.1 Å². The molecule has 25 heavy (non-hydrogen) atoms. The van der Waals surface area contributed by atoms with E-state index in [-0.39, 0.29) is 30.5 Å². The highest BCUT2D eigenvalue weighted by atomic mass is 16.3. The maximum atomic E-state index is 12.4. The molecule has 0 saturated carbocycles. The van der Waals surface area contributed by atoms with Crippen molar-refractivity contribution < 1.29 is 9.90 Å². The van der Waals surface area contributed by atoms with Gasteiger partial charge in [0.05, 0.1) is 24.0 Å². The van der Waals surface area contributed by atoms with Crippen LogP contribution in [-0.2, 0) is 0 Å². The lowest BCUT2D eigenvalue weighted by Crippen LogP contribution is -2.42. The zero-order chi connectivity index (χ0) is 18.7. The number of aromatic amines is 1. The van der Waals surface area contributed by atoms with Gasteiger partial charge in [-0.15, -0.1) is 0 Å². The summed E-state index contributed by atoms with van der Waals surface area (Å²) in [5, 5.41) is 24.0. The Morgan fingerprint density at radius 3 is 2.56 bits per heavy atom. The Hall–Kier alpha value is -2.15. The zero-order valence-electron chi connectivity index (χ0n) is 15.9. The maximum absolute atomic E-state index is 12.4. The Bertz CT molecular complexity index is 732. The molecule has 0 saturated heterocycles. The molecular formula is C18H29N5O2. The van der Waals surface area contributed by atoms with Crippen LogP contribution in [0.1, 0.15) is 62.0 Å². The smallest absolute Gasteiger partial charge is 0.269 e. The van der Waals surface area contributed by atoms with Gasteiger partial charge in [0.15, 0.2) is 0 Å². The predicted molar refractivity (Wildman–Crippen MR) is 97.5 cm³/mol. The largest absolute Gasteiger partial charge is 0.394 e. The molecular weight excluding hydrogens is 318 g/mol. The second-order valence-electron chi connectivity index (χ2n) is 6.90. The molecule has 3 N–H and O–H groups in total. The van der Waals surface area contributed by atoms with Crippen LogP contribution in [0.25, 0.3) is 11.3 Å². The highest BCUT2D eigenvalue weighted by Gasteiger charge is 2.22. The van der Waals surface area contributed by atoms with Crippen molar-refractivity contribution in [3.8, 4) is 11.3 Å². The Morgan fingerprint density at radius 1 is 1.36 bits per heavy atom. The van der Waals surface area contributed by atoms with Crippen molar-refractivity contribution in [1.82, 2.24) is 25.3 Å². The van der Waals surface area contributed by atoms with E-state index in [4.69, 9.17) is 0 Å². The lowest BCUT2D eigenvalue weighted by molar-refractivity contribution is 0.0886. The molecule has 1 amide bonds. The summed E-state index contributed by atoms with van der Waals surface area (Å²) >= 11 is 0. The second kappa shape index (κ2) is 7.82. The summed E-state index contributed by atoms with van der Waals surface area (Å²) in [6.45, 7) is 12.1. The molecule has 138 valence electrons. The number of aromatic nitrogens is 4. The van der Waals surface area contributed by atoms with Crippen LogP contribution in [0.5, 0.6) is 0 Å². The van der Waals surface area contributed by atoms with Crippen molar-refractivity contribution in [2.24, 2.45) is 5.92 Å². The lowest BCUT2D eigenvalue weighted by atomic mass is 10.00. The van der Waals surface area contributed by atoms with Crippen LogP contribution in [0.2, 0.25) is 0 Å². The summed E-state index contributed by atoms with van der Waals surface area (Å²) in [4.78, 5) is 12.4. The molecule has 2 heterocycles. The second-order valence-corrected chi connectivity index (χ2v) is 6.90. The van der Waals surface area contributed by atoms with E-state index in [0.717, 1.165) is 23.4 Å². The van der Waals surface area contributed by atoms with Gasteiger partial charge in [-0.1, -0.05) is 20.3 Å². The molecule has 7 nitrogen and oxygen atoms in total. The van der Waals surface area contributed by atoms with Crippen LogP contribution in [0.4, 0.5) is 0 Å². The molecule has 2 rings (SSSR count). The minimum atomic E-state index is -0.267. The fourth-order valence-electron chi connectivity index (χ4n) is 3.00.